The van der Waals surface area contributed by atoms with Crippen LogP contribution in [-0.2, 0) is 10.9 Å². The van der Waals surface area contributed by atoms with Crippen molar-refractivity contribution in [2.24, 2.45) is 0 Å². The molecule has 0 saturated carbocycles. The molecule has 7 nitrogen and oxygen atoms in total. The maximum Gasteiger partial charge on any atom is 0.416 e. The summed E-state index contributed by atoms with van der Waals surface area (Å²) in [4.78, 5) is 20.9. The van der Waals surface area contributed by atoms with E-state index in [1.54, 1.807) is 4.90 Å². The monoisotopic (exact) mass is 429 g/mol. The molecule has 30 heavy (non-hydrogen) atoms. The average Bonchev–Trinajstić information content (AvgIpc) is 3.10. The Bertz CT molecular complexity index is 846. The van der Waals surface area contributed by atoms with Crippen molar-refractivity contribution in [2.75, 3.05) is 31.3 Å². The van der Waals surface area contributed by atoms with Gasteiger partial charge in [0.1, 0.15) is 18.5 Å². The van der Waals surface area contributed by atoms with E-state index in [1.807, 2.05) is 0 Å². The third-order valence-electron chi connectivity index (χ3n) is 4.53. The summed E-state index contributed by atoms with van der Waals surface area (Å²) in [6, 6.07) is 4.11. The molecule has 0 bridgehead atoms. The maximum atomic E-state index is 12.7. The van der Waals surface area contributed by atoms with Crippen LogP contribution in [-0.4, -0.2) is 59.6 Å². The zero-order chi connectivity index (χ0) is 21.7. The van der Waals surface area contributed by atoms with Crippen LogP contribution in [0.25, 0.3) is 0 Å². The first kappa shape index (κ1) is 21.8. The van der Waals surface area contributed by atoms with Crippen LogP contribution in [0.4, 0.5) is 23.5 Å². The molecule has 1 aliphatic rings. The molecule has 2 heterocycles. The number of ether oxygens (including phenoxy) is 2. The van der Waals surface area contributed by atoms with Crippen LogP contribution < -0.4 is 9.64 Å². The highest BCUT2D eigenvalue weighted by Gasteiger charge is 2.36. The number of rotatable bonds is 8. The number of hydrogen-bond acceptors (Lipinski definition) is 6. The highest BCUT2D eigenvalue weighted by molar-refractivity contribution is 5.86. The van der Waals surface area contributed by atoms with E-state index in [-0.39, 0.29) is 36.5 Å². The zero-order valence-corrected chi connectivity index (χ0v) is 15.7. The summed E-state index contributed by atoms with van der Waals surface area (Å²) < 4.78 is 61.6. The van der Waals surface area contributed by atoms with E-state index in [2.05, 4.69) is 9.97 Å². The van der Waals surface area contributed by atoms with Gasteiger partial charge in [-0.3, -0.25) is 0 Å². The fourth-order valence-electron chi connectivity index (χ4n) is 3.13. The Morgan fingerprint density at radius 1 is 1.20 bits per heavy atom. The molecule has 2 atom stereocenters. The number of hydrogen-bond donors (Lipinski definition) is 1. The van der Waals surface area contributed by atoms with E-state index in [0.29, 0.717) is 13.0 Å². The fourth-order valence-corrected chi connectivity index (χ4v) is 3.13. The molecule has 0 radical (unpaired) electrons. The van der Waals surface area contributed by atoms with Crippen molar-refractivity contribution in [1.29, 1.82) is 0 Å². The van der Waals surface area contributed by atoms with E-state index in [4.69, 9.17) is 14.6 Å². The highest BCUT2D eigenvalue weighted by Crippen LogP contribution is 2.31. The van der Waals surface area contributed by atoms with Gasteiger partial charge in [-0.05, 0) is 24.3 Å². The minimum absolute atomic E-state index is 0.0688. The van der Waals surface area contributed by atoms with Crippen molar-refractivity contribution in [3.63, 3.8) is 0 Å². The fraction of sp³-hybridized carbons (Fsp3) is 0.421. The number of carboxylic acids is 1. The van der Waals surface area contributed by atoms with E-state index in [0.717, 1.165) is 12.1 Å². The summed E-state index contributed by atoms with van der Waals surface area (Å²) >= 11 is 0. The van der Waals surface area contributed by atoms with Crippen LogP contribution >= 0.6 is 0 Å². The number of alkyl halides is 4. The molecule has 0 unspecified atom stereocenters. The van der Waals surface area contributed by atoms with Crippen LogP contribution in [0.3, 0.4) is 0 Å². The summed E-state index contributed by atoms with van der Waals surface area (Å²) in [5.74, 6) is -0.623. The van der Waals surface area contributed by atoms with Crippen molar-refractivity contribution < 1.29 is 36.9 Å². The van der Waals surface area contributed by atoms with Gasteiger partial charge in [-0.1, -0.05) is 0 Å². The van der Waals surface area contributed by atoms with Crippen LogP contribution in [0, 0.1) is 0 Å². The SMILES string of the molecule is O=C(O)c1cnc(N2C[C@H](Oc3ccc(C(F)(F)F)cc3)C[C@H]2COCCF)nc1. The lowest BCUT2D eigenvalue weighted by molar-refractivity contribution is -0.137. The number of benzene rings is 1. The Labute approximate surface area is 169 Å². The topological polar surface area (TPSA) is 84.8 Å². The maximum absolute atomic E-state index is 12.7. The van der Waals surface area contributed by atoms with E-state index >= 15 is 0 Å². The molecule has 162 valence electrons. The van der Waals surface area contributed by atoms with Crippen LogP contribution in [0.5, 0.6) is 5.75 Å². The van der Waals surface area contributed by atoms with Crippen molar-refractivity contribution in [3.05, 3.63) is 47.8 Å². The van der Waals surface area contributed by atoms with Gasteiger partial charge in [0.15, 0.2) is 0 Å². The second kappa shape index (κ2) is 9.24. The van der Waals surface area contributed by atoms with Gasteiger partial charge in [0.2, 0.25) is 5.95 Å². The standard InChI is InChI=1S/C19H19F4N3O4/c20-5-6-29-11-14-7-16(30-15-3-1-13(2-4-15)19(21,22)23)10-26(14)18-24-8-12(9-25-18)17(27)28/h1-4,8-9,14,16H,5-7,10-11H2,(H,27,28)/t14-,16+/m0/s1. The first-order valence-corrected chi connectivity index (χ1v) is 9.07. The Morgan fingerprint density at radius 2 is 1.87 bits per heavy atom. The number of halogens is 4. The lowest BCUT2D eigenvalue weighted by atomic mass is 10.2. The van der Waals surface area contributed by atoms with E-state index in [9.17, 15) is 22.4 Å². The number of aromatic carboxylic acids is 1. The molecule has 1 aromatic heterocycles. The normalized spacial score (nSPS) is 19.1. The Morgan fingerprint density at radius 3 is 2.43 bits per heavy atom. The van der Waals surface area contributed by atoms with Gasteiger partial charge in [0.05, 0.1) is 36.9 Å². The summed E-state index contributed by atoms with van der Waals surface area (Å²) in [6.45, 7) is -0.243. The molecule has 1 fully saturated rings. The highest BCUT2D eigenvalue weighted by atomic mass is 19.4. The van der Waals surface area contributed by atoms with Gasteiger partial charge >= 0.3 is 12.1 Å². The smallest absolute Gasteiger partial charge is 0.416 e. The number of carbonyl (C=O) groups is 1. The molecular formula is C19H19F4N3O4. The van der Waals surface area contributed by atoms with Gasteiger partial charge in [-0.25, -0.2) is 19.2 Å². The predicted molar refractivity (Wildman–Crippen MR) is 97.4 cm³/mol. The third-order valence-corrected chi connectivity index (χ3v) is 4.53. The zero-order valence-electron chi connectivity index (χ0n) is 15.7. The molecule has 1 aromatic carbocycles. The van der Waals surface area contributed by atoms with Crippen LogP contribution in [0.2, 0.25) is 0 Å². The molecule has 0 spiro atoms. The minimum atomic E-state index is -4.43. The molecular weight excluding hydrogens is 410 g/mol. The Hall–Kier alpha value is -2.95. The predicted octanol–water partition coefficient (Wildman–Crippen LogP) is 3.21. The van der Waals surface area contributed by atoms with Crippen molar-refractivity contribution in [1.82, 2.24) is 9.97 Å². The Balaban J connectivity index is 1.71. The van der Waals surface area contributed by atoms with Gasteiger partial charge in [-0.15, -0.1) is 0 Å². The van der Waals surface area contributed by atoms with Crippen molar-refractivity contribution in [3.8, 4) is 5.75 Å². The molecule has 2 aromatic rings. The Kier molecular flexibility index (Phi) is 6.70. The van der Waals surface area contributed by atoms with Gasteiger partial charge in [0, 0.05) is 18.8 Å². The summed E-state index contributed by atoms with van der Waals surface area (Å²) in [5, 5.41) is 8.97. The van der Waals surface area contributed by atoms with E-state index in [1.165, 1.54) is 24.5 Å². The number of anilines is 1. The number of carboxylic acid groups (broad SMARTS) is 1. The minimum Gasteiger partial charge on any atom is -0.489 e. The van der Waals surface area contributed by atoms with Crippen LogP contribution in [0.15, 0.2) is 36.7 Å². The van der Waals surface area contributed by atoms with Gasteiger partial charge < -0.3 is 19.5 Å². The summed E-state index contributed by atoms with van der Waals surface area (Å²) in [5.41, 5.74) is -0.840. The molecule has 1 aliphatic heterocycles. The number of aromatic nitrogens is 2. The lowest BCUT2D eigenvalue weighted by Gasteiger charge is -2.23. The second-order valence-electron chi connectivity index (χ2n) is 6.64. The lowest BCUT2D eigenvalue weighted by Crippen LogP contribution is -2.35. The molecule has 1 N–H and O–H groups in total. The molecule has 3 rings (SSSR count). The first-order chi connectivity index (χ1) is 14.3. The van der Waals surface area contributed by atoms with Gasteiger partial charge in [-0.2, -0.15) is 13.2 Å². The van der Waals surface area contributed by atoms with E-state index < -0.39 is 30.5 Å². The average molecular weight is 429 g/mol. The first-order valence-electron chi connectivity index (χ1n) is 9.07. The third kappa shape index (κ3) is 5.35. The second-order valence-corrected chi connectivity index (χ2v) is 6.64. The largest absolute Gasteiger partial charge is 0.489 e. The summed E-state index contributed by atoms with van der Waals surface area (Å²) in [6.07, 6.45) is -2.04. The quantitative estimate of drug-likeness (QED) is 0.510. The van der Waals surface area contributed by atoms with Crippen LogP contribution in [0.1, 0.15) is 22.3 Å². The van der Waals surface area contributed by atoms with Crippen molar-refractivity contribution >= 4 is 11.9 Å². The molecule has 1 saturated heterocycles. The molecule has 0 aliphatic carbocycles. The molecule has 11 heteroatoms. The summed E-state index contributed by atoms with van der Waals surface area (Å²) in [7, 11) is 0. The van der Waals surface area contributed by atoms with Crippen molar-refractivity contribution in [2.45, 2.75) is 24.7 Å². The number of nitrogens with zero attached hydrogens (tertiary/aromatic N) is 3. The molecule has 0 amide bonds. The van der Waals surface area contributed by atoms with Gasteiger partial charge in [0.25, 0.3) is 0 Å².